The van der Waals surface area contributed by atoms with Gasteiger partial charge in [-0.25, -0.2) is 4.79 Å². The molecule has 2 aromatic rings. The molecule has 1 aromatic carbocycles. The number of aromatic nitrogens is 1. The van der Waals surface area contributed by atoms with Gasteiger partial charge in [-0.05, 0) is 18.6 Å². The number of hydrogen-bond acceptors (Lipinski definition) is 3. The van der Waals surface area contributed by atoms with Crippen molar-refractivity contribution in [3.8, 4) is 0 Å². The Kier molecular flexibility index (Phi) is 4.08. The van der Waals surface area contributed by atoms with Crippen molar-refractivity contribution in [2.45, 2.75) is 13.3 Å². The van der Waals surface area contributed by atoms with Crippen molar-refractivity contribution in [1.29, 1.82) is 0 Å². The van der Waals surface area contributed by atoms with Crippen molar-refractivity contribution >= 4 is 22.9 Å². The zero-order valence-corrected chi connectivity index (χ0v) is 11.9. The number of esters is 1. The Bertz CT molecular complexity index is 644. The van der Waals surface area contributed by atoms with Crippen molar-refractivity contribution in [2.75, 3.05) is 20.7 Å². The van der Waals surface area contributed by atoms with Gasteiger partial charge in [0.05, 0.1) is 18.5 Å². The summed E-state index contributed by atoms with van der Waals surface area (Å²) in [5.41, 5.74) is 1.56. The van der Waals surface area contributed by atoms with Crippen LogP contribution in [0.5, 0.6) is 0 Å². The van der Waals surface area contributed by atoms with E-state index in [0.717, 1.165) is 16.5 Å². The van der Waals surface area contributed by atoms with Crippen LogP contribution in [0.2, 0.25) is 0 Å². The standard InChI is InChI=1S/C15H18N2O3/c1-4-20-13(18)10-12-7-5-6-11-8-9-17(14(11)12)15(19)16(2)3/h5-9H,4,10H2,1-3H3. The highest BCUT2D eigenvalue weighted by Crippen LogP contribution is 2.21. The van der Waals surface area contributed by atoms with Crippen molar-refractivity contribution in [2.24, 2.45) is 0 Å². The van der Waals surface area contributed by atoms with E-state index in [2.05, 4.69) is 0 Å². The highest BCUT2D eigenvalue weighted by atomic mass is 16.5. The van der Waals surface area contributed by atoms with Gasteiger partial charge >= 0.3 is 12.0 Å². The molecule has 0 atom stereocenters. The molecule has 5 nitrogen and oxygen atoms in total. The van der Waals surface area contributed by atoms with Crippen LogP contribution in [-0.4, -0.2) is 42.2 Å². The minimum Gasteiger partial charge on any atom is -0.466 e. The van der Waals surface area contributed by atoms with Crippen LogP contribution in [-0.2, 0) is 16.0 Å². The first-order valence-electron chi connectivity index (χ1n) is 6.50. The molecular weight excluding hydrogens is 256 g/mol. The van der Waals surface area contributed by atoms with Crippen LogP contribution in [0.25, 0.3) is 10.9 Å². The maximum Gasteiger partial charge on any atom is 0.328 e. The minimum absolute atomic E-state index is 0.142. The van der Waals surface area contributed by atoms with Crippen molar-refractivity contribution in [1.82, 2.24) is 9.47 Å². The quantitative estimate of drug-likeness (QED) is 0.807. The lowest BCUT2D eigenvalue weighted by molar-refractivity contribution is -0.142. The number of benzene rings is 1. The molecule has 0 N–H and O–H groups in total. The molecule has 2 rings (SSSR count). The molecule has 0 saturated heterocycles. The van der Waals surface area contributed by atoms with Crippen LogP contribution in [0.1, 0.15) is 12.5 Å². The molecule has 0 aliphatic rings. The number of carbonyl (C=O) groups is 2. The molecule has 5 heteroatoms. The van der Waals surface area contributed by atoms with E-state index in [1.54, 1.807) is 31.8 Å². The molecule has 0 saturated carbocycles. The summed E-state index contributed by atoms with van der Waals surface area (Å²) in [6.07, 6.45) is 1.89. The average Bonchev–Trinajstić information content (AvgIpc) is 2.83. The molecule has 20 heavy (non-hydrogen) atoms. The van der Waals surface area contributed by atoms with Gasteiger partial charge in [-0.3, -0.25) is 9.36 Å². The minimum atomic E-state index is -0.287. The van der Waals surface area contributed by atoms with E-state index in [9.17, 15) is 9.59 Å². The number of amides is 1. The lowest BCUT2D eigenvalue weighted by Gasteiger charge is -2.13. The summed E-state index contributed by atoms with van der Waals surface area (Å²) in [6, 6.07) is 7.37. The molecule has 106 valence electrons. The zero-order valence-electron chi connectivity index (χ0n) is 11.9. The van der Waals surface area contributed by atoms with Gasteiger partial charge in [0, 0.05) is 25.7 Å². The Hall–Kier alpha value is -2.30. The second kappa shape index (κ2) is 5.77. The van der Waals surface area contributed by atoms with E-state index >= 15 is 0 Å². The average molecular weight is 274 g/mol. The third-order valence-electron chi connectivity index (χ3n) is 3.02. The molecule has 0 bridgehead atoms. The van der Waals surface area contributed by atoms with Crippen molar-refractivity contribution in [3.63, 3.8) is 0 Å². The molecular formula is C15H18N2O3. The molecule has 0 aliphatic carbocycles. The highest BCUT2D eigenvalue weighted by Gasteiger charge is 2.15. The van der Waals surface area contributed by atoms with Gasteiger partial charge < -0.3 is 9.64 Å². The van der Waals surface area contributed by atoms with E-state index in [1.807, 2.05) is 24.3 Å². The maximum absolute atomic E-state index is 12.2. The Morgan fingerprint density at radius 3 is 2.65 bits per heavy atom. The fourth-order valence-corrected chi connectivity index (χ4v) is 2.15. The zero-order chi connectivity index (χ0) is 14.7. The molecule has 0 fully saturated rings. The van der Waals surface area contributed by atoms with E-state index in [1.165, 1.54) is 4.90 Å². The van der Waals surface area contributed by atoms with Gasteiger partial charge in [-0.1, -0.05) is 18.2 Å². The molecule has 1 heterocycles. The molecule has 0 aliphatic heterocycles. The summed E-state index contributed by atoms with van der Waals surface area (Å²) < 4.78 is 6.53. The summed E-state index contributed by atoms with van der Waals surface area (Å²) in [7, 11) is 3.39. The van der Waals surface area contributed by atoms with Crippen LogP contribution in [0.4, 0.5) is 4.79 Å². The lowest BCUT2D eigenvalue weighted by atomic mass is 10.1. The summed E-state index contributed by atoms with van der Waals surface area (Å²) in [4.78, 5) is 25.3. The van der Waals surface area contributed by atoms with Gasteiger partial charge in [0.2, 0.25) is 0 Å². The van der Waals surface area contributed by atoms with E-state index in [4.69, 9.17) is 4.74 Å². The lowest BCUT2D eigenvalue weighted by Crippen LogP contribution is -2.27. The molecule has 1 aromatic heterocycles. The Morgan fingerprint density at radius 1 is 1.25 bits per heavy atom. The smallest absolute Gasteiger partial charge is 0.328 e. The fourth-order valence-electron chi connectivity index (χ4n) is 2.15. The third-order valence-corrected chi connectivity index (χ3v) is 3.02. The number of carbonyl (C=O) groups excluding carboxylic acids is 2. The predicted molar refractivity (Wildman–Crippen MR) is 76.8 cm³/mol. The summed E-state index contributed by atoms with van der Waals surface area (Å²) in [5, 5.41) is 0.932. The van der Waals surface area contributed by atoms with Crippen LogP contribution < -0.4 is 0 Å². The number of nitrogens with zero attached hydrogens (tertiary/aromatic N) is 2. The Morgan fingerprint density at radius 2 is 2.00 bits per heavy atom. The van der Waals surface area contributed by atoms with Gasteiger partial charge in [0.25, 0.3) is 0 Å². The normalized spacial score (nSPS) is 10.6. The van der Waals surface area contributed by atoms with Gasteiger partial charge in [-0.15, -0.1) is 0 Å². The maximum atomic E-state index is 12.2. The van der Waals surface area contributed by atoms with Crippen LogP contribution in [0.15, 0.2) is 30.5 Å². The first kappa shape index (κ1) is 14.1. The third kappa shape index (κ3) is 2.66. The van der Waals surface area contributed by atoms with Crippen molar-refractivity contribution in [3.05, 3.63) is 36.0 Å². The Labute approximate surface area is 117 Å². The Balaban J connectivity index is 2.47. The number of fused-ring (bicyclic) bond motifs is 1. The summed E-state index contributed by atoms with van der Waals surface area (Å²) in [6.45, 7) is 2.13. The first-order chi connectivity index (χ1) is 9.54. The van der Waals surface area contributed by atoms with E-state index in [0.29, 0.717) is 6.61 Å². The van der Waals surface area contributed by atoms with Crippen molar-refractivity contribution < 1.29 is 14.3 Å². The fraction of sp³-hybridized carbons (Fsp3) is 0.333. The van der Waals surface area contributed by atoms with Gasteiger partial charge in [0.15, 0.2) is 0 Å². The van der Waals surface area contributed by atoms with Crippen LogP contribution >= 0.6 is 0 Å². The molecule has 0 radical (unpaired) electrons. The SMILES string of the molecule is CCOC(=O)Cc1cccc2ccn(C(=O)N(C)C)c12. The summed E-state index contributed by atoms with van der Waals surface area (Å²) >= 11 is 0. The second-order valence-corrected chi connectivity index (χ2v) is 4.70. The monoisotopic (exact) mass is 274 g/mol. The summed E-state index contributed by atoms with van der Waals surface area (Å²) in [5.74, 6) is -0.287. The number of ether oxygens (including phenoxy) is 1. The predicted octanol–water partition coefficient (Wildman–Crippen LogP) is 2.28. The second-order valence-electron chi connectivity index (χ2n) is 4.70. The number of hydrogen-bond donors (Lipinski definition) is 0. The van der Waals surface area contributed by atoms with Gasteiger partial charge in [-0.2, -0.15) is 0 Å². The van der Waals surface area contributed by atoms with Crippen LogP contribution in [0.3, 0.4) is 0 Å². The van der Waals surface area contributed by atoms with E-state index in [-0.39, 0.29) is 18.4 Å². The number of rotatable bonds is 3. The largest absolute Gasteiger partial charge is 0.466 e. The number of para-hydroxylation sites is 1. The topological polar surface area (TPSA) is 51.5 Å². The van der Waals surface area contributed by atoms with Crippen LogP contribution in [0, 0.1) is 0 Å². The van der Waals surface area contributed by atoms with E-state index < -0.39 is 0 Å². The molecule has 0 spiro atoms. The molecule has 1 amide bonds. The van der Waals surface area contributed by atoms with Gasteiger partial charge in [0.1, 0.15) is 0 Å². The highest BCUT2D eigenvalue weighted by molar-refractivity contribution is 5.94. The molecule has 0 unspecified atom stereocenters. The first-order valence-corrected chi connectivity index (χ1v) is 6.50.